The molecule has 0 fully saturated rings. The third-order valence-corrected chi connectivity index (χ3v) is 6.10. The molecule has 3 heterocycles. The number of carbonyl (C=O) groups excluding carboxylic acids is 1. The minimum Gasteiger partial charge on any atom is -0.354 e. The molecule has 8 nitrogen and oxygen atoms in total. The zero-order valence-electron chi connectivity index (χ0n) is 15.6. The Kier molecular flexibility index (Phi) is 5.24. The van der Waals surface area contributed by atoms with Gasteiger partial charge in [0.2, 0.25) is 5.91 Å². The number of rotatable bonds is 5. The number of thiazole rings is 1. The SMILES string of the molecule is CN(C)c1nc2ncn3c(SCC(=O)Nc4cccc(C(F)(F)F)c4)nnc3c2s1. The highest BCUT2D eigenvalue weighted by Gasteiger charge is 2.30. The highest BCUT2D eigenvalue weighted by molar-refractivity contribution is 7.99. The lowest BCUT2D eigenvalue weighted by molar-refractivity contribution is -0.137. The highest BCUT2D eigenvalue weighted by Crippen LogP contribution is 2.31. The van der Waals surface area contributed by atoms with Gasteiger partial charge in [0.1, 0.15) is 11.0 Å². The van der Waals surface area contributed by atoms with Gasteiger partial charge in [-0.15, -0.1) is 10.2 Å². The predicted octanol–water partition coefficient (Wildman–Crippen LogP) is 3.55. The van der Waals surface area contributed by atoms with Gasteiger partial charge in [0.05, 0.1) is 11.3 Å². The van der Waals surface area contributed by atoms with Crippen molar-refractivity contribution in [3.63, 3.8) is 0 Å². The van der Waals surface area contributed by atoms with E-state index in [2.05, 4.69) is 25.5 Å². The first-order valence-electron chi connectivity index (χ1n) is 8.50. The van der Waals surface area contributed by atoms with Crippen LogP contribution in [-0.2, 0) is 11.0 Å². The molecule has 1 aromatic carbocycles. The molecule has 0 spiro atoms. The zero-order valence-corrected chi connectivity index (χ0v) is 17.3. The van der Waals surface area contributed by atoms with Gasteiger partial charge in [0.15, 0.2) is 21.6 Å². The standard InChI is InChI=1S/C17H14F3N7OS2/c1-26(2)15-23-13-12(30-15)14-24-25-16(27(14)8-21-13)29-7-11(28)22-10-5-3-4-9(6-10)17(18,19)20/h3-6,8H,7H2,1-2H3,(H,22,28). The molecule has 30 heavy (non-hydrogen) atoms. The molecule has 0 aliphatic carbocycles. The fourth-order valence-corrected chi connectivity index (χ4v) is 4.19. The molecule has 0 aliphatic heterocycles. The Morgan fingerprint density at radius 3 is 2.83 bits per heavy atom. The van der Waals surface area contributed by atoms with E-state index in [0.29, 0.717) is 16.5 Å². The number of alkyl halides is 3. The van der Waals surface area contributed by atoms with E-state index in [4.69, 9.17) is 0 Å². The molecule has 13 heteroatoms. The molecular formula is C17H14F3N7OS2. The Hall–Kier alpha value is -2.93. The number of nitrogens with one attached hydrogen (secondary N) is 1. The smallest absolute Gasteiger partial charge is 0.354 e. The van der Waals surface area contributed by atoms with E-state index < -0.39 is 17.6 Å². The Morgan fingerprint density at radius 2 is 2.10 bits per heavy atom. The maximum atomic E-state index is 12.8. The van der Waals surface area contributed by atoms with Gasteiger partial charge in [0, 0.05) is 19.8 Å². The number of amides is 1. The lowest BCUT2D eigenvalue weighted by atomic mass is 10.2. The number of aromatic nitrogens is 5. The summed E-state index contributed by atoms with van der Waals surface area (Å²) in [5.74, 6) is -0.515. The van der Waals surface area contributed by atoms with Crippen LogP contribution < -0.4 is 10.2 Å². The summed E-state index contributed by atoms with van der Waals surface area (Å²) in [5.41, 5.74) is 0.382. The highest BCUT2D eigenvalue weighted by atomic mass is 32.2. The van der Waals surface area contributed by atoms with Crippen LogP contribution in [0.5, 0.6) is 0 Å². The van der Waals surface area contributed by atoms with Crippen LogP contribution in [0, 0.1) is 0 Å². The maximum absolute atomic E-state index is 12.8. The summed E-state index contributed by atoms with van der Waals surface area (Å²) in [6, 6.07) is 4.48. The molecule has 1 N–H and O–H groups in total. The fourth-order valence-electron chi connectivity index (χ4n) is 2.57. The number of fused-ring (bicyclic) bond motifs is 3. The van der Waals surface area contributed by atoms with Crippen molar-refractivity contribution < 1.29 is 18.0 Å². The van der Waals surface area contributed by atoms with Crippen LogP contribution in [0.4, 0.5) is 24.0 Å². The first kappa shape index (κ1) is 20.3. The van der Waals surface area contributed by atoms with Crippen molar-refractivity contribution in [2.45, 2.75) is 11.3 Å². The Balaban J connectivity index is 1.48. The van der Waals surface area contributed by atoms with Gasteiger partial charge in [-0.25, -0.2) is 4.98 Å². The molecule has 4 aromatic rings. The van der Waals surface area contributed by atoms with Crippen LogP contribution in [-0.4, -0.2) is 50.3 Å². The number of halogens is 3. The van der Waals surface area contributed by atoms with Gasteiger partial charge in [-0.1, -0.05) is 29.2 Å². The zero-order chi connectivity index (χ0) is 21.5. The van der Waals surface area contributed by atoms with Crippen LogP contribution in [0.25, 0.3) is 16.0 Å². The lowest BCUT2D eigenvalue weighted by Crippen LogP contribution is -2.15. The Bertz CT molecular complexity index is 1240. The van der Waals surface area contributed by atoms with Crippen molar-refractivity contribution in [3.8, 4) is 0 Å². The van der Waals surface area contributed by atoms with Crippen molar-refractivity contribution in [1.82, 2.24) is 24.6 Å². The summed E-state index contributed by atoms with van der Waals surface area (Å²) < 4.78 is 40.8. The summed E-state index contributed by atoms with van der Waals surface area (Å²) in [4.78, 5) is 22.8. The monoisotopic (exact) mass is 453 g/mol. The van der Waals surface area contributed by atoms with Crippen LogP contribution in [0.1, 0.15) is 5.56 Å². The second-order valence-electron chi connectivity index (χ2n) is 6.38. The number of hydrogen-bond donors (Lipinski definition) is 1. The van der Waals surface area contributed by atoms with Crippen LogP contribution in [0.2, 0.25) is 0 Å². The maximum Gasteiger partial charge on any atom is 0.416 e. The average Bonchev–Trinajstić information content (AvgIpc) is 3.29. The molecule has 0 aliphatic rings. The first-order chi connectivity index (χ1) is 14.2. The van der Waals surface area contributed by atoms with Crippen LogP contribution in [0.3, 0.4) is 0 Å². The number of hydrogen-bond acceptors (Lipinski definition) is 8. The first-order valence-corrected chi connectivity index (χ1v) is 10.3. The molecule has 0 saturated heterocycles. The van der Waals surface area contributed by atoms with E-state index in [1.54, 1.807) is 4.40 Å². The Labute approximate surface area is 176 Å². The summed E-state index contributed by atoms with van der Waals surface area (Å²) in [6.45, 7) is 0. The van der Waals surface area contributed by atoms with Gasteiger partial charge in [-0.2, -0.15) is 18.2 Å². The van der Waals surface area contributed by atoms with Crippen molar-refractivity contribution in [2.75, 3.05) is 30.1 Å². The number of anilines is 2. The van der Waals surface area contributed by atoms with E-state index in [-0.39, 0.29) is 11.4 Å². The fraction of sp³-hybridized carbons (Fsp3) is 0.235. The molecule has 3 aromatic heterocycles. The predicted molar refractivity (Wildman–Crippen MR) is 109 cm³/mol. The molecule has 0 radical (unpaired) electrons. The van der Waals surface area contributed by atoms with Gasteiger partial charge in [-0.3, -0.25) is 9.20 Å². The van der Waals surface area contributed by atoms with Crippen LogP contribution in [0.15, 0.2) is 35.7 Å². The van der Waals surface area contributed by atoms with Crippen molar-refractivity contribution in [3.05, 3.63) is 36.2 Å². The molecule has 1 amide bonds. The Morgan fingerprint density at radius 1 is 1.30 bits per heavy atom. The van der Waals surface area contributed by atoms with Gasteiger partial charge in [0.25, 0.3) is 0 Å². The summed E-state index contributed by atoms with van der Waals surface area (Å²) in [7, 11) is 3.76. The van der Waals surface area contributed by atoms with Gasteiger partial charge in [-0.05, 0) is 18.2 Å². The summed E-state index contributed by atoms with van der Waals surface area (Å²) >= 11 is 2.53. The summed E-state index contributed by atoms with van der Waals surface area (Å²) in [6.07, 6.45) is -2.94. The molecule has 0 atom stereocenters. The molecule has 0 unspecified atom stereocenters. The molecule has 4 rings (SSSR count). The van der Waals surface area contributed by atoms with E-state index in [1.807, 2.05) is 19.0 Å². The minimum atomic E-state index is -4.47. The number of thioether (sulfide) groups is 1. The number of carbonyl (C=O) groups is 1. The van der Waals surface area contributed by atoms with E-state index in [1.165, 1.54) is 29.8 Å². The van der Waals surface area contributed by atoms with Crippen molar-refractivity contribution in [1.29, 1.82) is 0 Å². The van der Waals surface area contributed by atoms with Gasteiger partial charge >= 0.3 is 6.18 Å². The van der Waals surface area contributed by atoms with E-state index in [9.17, 15) is 18.0 Å². The van der Waals surface area contributed by atoms with Crippen molar-refractivity contribution >= 4 is 55.8 Å². The molecule has 0 bridgehead atoms. The minimum absolute atomic E-state index is 0.0548. The normalized spacial score (nSPS) is 11.9. The average molecular weight is 453 g/mol. The largest absolute Gasteiger partial charge is 0.416 e. The topological polar surface area (TPSA) is 88.3 Å². The third kappa shape index (κ3) is 4.03. The molecule has 0 saturated carbocycles. The van der Waals surface area contributed by atoms with E-state index in [0.717, 1.165) is 33.7 Å². The summed E-state index contributed by atoms with van der Waals surface area (Å²) in [5, 5.41) is 12.0. The number of nitrogens with zero attached hydrogens (tertiary/aromatic N) is 6. The van der Waals surface area contributed by atoms with Crippen LogP contribution >= 0.6 is 23.1 Å². The molecular weight excluding hydrogens is 439 g/mol. The second kappa shape index (κ2) is 7.72. The molecule has 156 valence electrons. The lowest BCUT2D eigenvalue weighted by Gasteiger charge is -2.09. The van der Waals surface area contributed by atoms with Gasteiger partial charge < -0.3 is 10.2 Å². The quantitative estimate of drug-likeness (QED) is 0.463. The third-order valence-electron chi connectivity index (χ3n) is 3.95. The van der Waals surface area contributed by atoms with Crippen molar-refractivity contribution in [2.24, 2.45) is 0 Å². The second-order valence-corrected chi connectivity index (χ2v) is 8.30. The number of benzene rings is 1. The van der Waals surface area contributed by atoms with E-state index >= 15 is 0 Å².